The summed E-state index contributed by atoms with van der Waals surface area (Å²) in [4.78, 5) is 0. The largest absolute Gasteiger partial charge is 0.247 e. The summed E-state index contributed by atoms with van der Waals surface area (Å²) in [6.07, 6.45) is 19.8. The number of alkyl halides is 3. The molecule has 0 radical (unpaired) electrons. The Morgan fingerprint density at radius 1 is 0.333 bits per heavy atom. The second-order valence-corrected chi connectivity index (χ2v) is 12.6. The summed E-state index contributed by atoms with van der Waals surface area (Å²) in [5, 5.41) is 0. The SMILES string of the molecule is FC1C(CCC2CCCCC2)C(F)C(CCC2CCCCC2)C(F)C1CCC1CCCCC1. The van der Waals surface area contributed by atoms with Crippen molar-refractivity contribution < 1.29 is 13.2 Å². The van der Waals surface area contributed by atoms with E-state index in [1.807, 2.05) is 0 Å². The molecule has 0 aliphatic heterocycles. The summed E-state index contributed by atoms with van der Waals surface area (Å²) < 4.78 is 47.4. The predicted molar refractivity (Wildman–Crippen MR) is 133 cm³/mol. The van der Waals surface area contributed by atoms with Gasteiger partial charge in [-0.3, -0.25) is 0 Å². The Morgan fingerprint density at radius 2 is 0.576 bits per heavy atom. The van der Waals surface area contributed by atoms with E-state index in [2.05, 4.69) is 0 Å². The maximum atomic E-state index is 15.8. The molecule has 33 heavy (non-hydrogen) atoms. The highest BCUT2D eigenvalue weighted by Crippen LogP contribution is 2.47. The molecule has 0 N–H and O–H groups in total. The Hall–Kier alpha value is -0.210. The van der Waals surface area contributed by atoms with Crippen LogP contribution >= 0.6 is 0 Å². The molecule has 0 heterocycles. The van der Waals surface area contributed by atoms with Crippen molar-refractivity contribution in [3.8, 4) is 0 Å². The standard InChI is InChI=1S/C30H51F3/c31-28-25(19-16-22-10-4-1-5-11-22)29(32)27(21-18-24-14-8-3-9-15-24)30(33)26(28)20-17-23-12-6-2-7-13-23/h22-30H,1-21H2. The first kappa shape index (κ1) is 25.9. The summed E-state index contributed by atoms with van der Waals surface area (Å²) >= 11 is 0. The molecule has 0 aromatic carbocycles. The molecule has 4 fully saturated rings. The smallest absolute Gasteiger partial charge is 0.111 e. The van der Waals surface area contributed by atoms with Crippen LogP contribution in [0.3, 0.4) is 0 Å². The molecule has 0 aromatic rings. The van der Waals surface area contributed by atoms with Crippen LogP contribution < -0.4 is 0 Å². The summed E-state index contributed by atoms with van der Waals surface area (Å²) in [5.41, 5.74) is 0. The minimum Gasteiger partial charge on any atom is -0.247 e. The van der Waals surface area contributed by atoms with Crippen LogP contribution in [0.1, 0.15) is 135 Å². The van der Waals surface area contributed by atoms with Gasteiger partial charge in [0.1, 0.15) is 18.5 Å². The fraction of sp³-hybridized carbons (Fsp3) is 1.00. The Labute approximate surface area is 202 Å². The molecular formula is C30H51F3. The Bertz CT molecular complexity index is 445. The third kappa shape index (κ3) is 7.16. The van der Waals surface area contributed by atoms with E-state index < -0.39 is 36.3 Å². The van der Waals surface area contributed by atoms with Crippen molar-refractivity contribution in [2.75, 3.05) is 0 Å². The lowest BCUT2D eigenvalue weighted by Gasteiger charge is -2.44. The zero-order valence-electron chi connectivity index (χ0n) is 21.2. The van der Waals surface area contributed by atoms with Crippen molar-refractivity contribution >= 4 is 0 Å². The maximum absolute atomic E-state index is 15.8. The molecular weight excluding hydrogens is 417 g/mol. The van der Waals surface area contributed by atoms with Crippen molar-refractivity contribution in [1.82, 2.24) is 0 Å². The molecule has 0 nitrogen and oxygen atoms in total. The zero-order valence-corrected chi connectivity index (χ0v) is 21.2. The average molecular weight is 469 g/mol. The lowest BCUT2D eigenvalue weighted by atomic mass is 9.65. The highest BCUT2D eigenvalue weighted by molar-refractivity contribution is 4.99. The Morgan fingerprint density at radius 3 is 0.818 bits per heavy atom. The summed E-state index contributed by atoms with van der Waals surface area (Å²) in [6, 6.07) is 0. The third-order valence-electron chi connectivity index (χ3n) is 10.4. The summed E-state index contributed by atoms with van der Waals surface area (Å²) in [6.45, 7) is 0. The van der Waals surface area contributed by atoms with E-state index in [0.717, 1.165) is 19.3 Å². The van der Waals surface area contributed by atoms with Crippen LogP contribution in [0, 0.1) is 35.5 Å². The van der Waals surface area contributed by atoms with Gasteiger partial charge >= 0.3 is 0 Å². The van der Waals surface area contributed by atoms with E-state index in [0.29, 0.717) is 37.0 Å². The minimum absolute atomic E-state index is 0.563. The third-order valence-corrected chi connectivity index (χ3v) is 10.4. The molecule has 4 rings (SSSR count). The normalized spacial score (nSPS) is 37.9. The van der Waals surface area contributed by atoms with Crippen LogP contribution in [0.4, 0.5) is 13.2 Å². The maximum Gasteiger partial charge on any atom is 0.111 e. The molecule has 4 aliphatic carbocycles. The van der Waals surface area contributed by atoms with Crippen molar-refractivity contribution in [3.05, 3.63) is 0 Å². The van der Waals surface area contributed by atoms with Gasteiger partial charge < -0.3 is 0 Å². The monoisotopic (exact) mass is 468 g/mol. The van der Waals surface area contributed by atoms with Gasteiger partial charge in [0.05, 0.1) is 0 Å². The van der Waals surface area contributed by atoms with Crippen LogP contribution in [-0.2, 0) is 0 Å². The van der Waals surface area contributed by atoms with Crippen LogP contribution in [0.15, 0.2) is 0 Å². The second-order valence-electron chi connectivity index (χ2n) is 12.6. The van der Waals surface area contributed by atoms with Gasteiger partial charge in [-0.25, -0.2) is 13.2 Å². The zero-order chi connectivity index (χ0) is 23.0. The minimum atomic E-state index is -1.28. The van der Waals surface area contributed by atoms with E-state index >= 15 is 13.2 Å². The predicted octanol–water partition coefficient (Wildman–Crippen LogP) is 9.94. The van der Waals surface area contributed by atoms with Crippen molar-refractivity contribution in [2.24, 2.45) is 35.5 Å². The van der Waals surface area contributed by atoms with Crippen molar-refractivity contribution in [2.45, 2.75) is 153 Å². The lowest BCUT2D eigenvalue weighted by molar-refractivity contribution is -0.0792. The van der Waals surface area contributed by atoms with Crippen LogP contribution in [0.25, 0.3) is 0 Å². The van der Waals surface area contributed by atoms with Gasteiger partial charge in [-0.05, 0) is 56.3 Å². The van der Waals surface area contributed by atoms with Crippen LogP contribution in [0.2, 0.25) is 0 Å². The molecule has 0 unspecified atom stereocenters. The van der Waals surface area contributed by atoms with Gasteiger partial charge in [0, 0.05) is 17.8 Å². The van der Waals surface area contributed by atoms with Gasteiger partial charge in [0.15, 0.2) is 0 Å². The molecule has 0 saturated heterocycles. The first-order valence-corrected chi connectivity index (χ1v) is 15.1. The van der Waals surface area contributed by atoms with E-state index in [9.17, 15) is 0 Å². The number of rotatable bonds is 9. The van der Waals surface area contributed by atoms with Crippen LogP contribution in [0.5, 0.6) is 0 Å². The lowest BCUT2D eigenvalue weighted by Crippen LogP contribution is -2.50. The van der Waals surface area contributed by atoms with Crippen molar-refractivity contribution in [1.29, 1.82) is 0 Å². The summed E-state index contributed by atoms with van der Waals surface area (Å²) in [7, 11) is 0. The number of hydrogen-bond acceptors (Lipinski definition) is 0. The fourth-order valence-electron chi connectivity index (χ4n) is 8.15. The Balaban J connectivity index is 1.39. The summed E-state index contributed by atoms with van der Waals surface area (Å²) in [5.74, 6) is 0.234. The van der Waals surface area contributed by atoms with E-state index in [1.165, 1.54) is 96.3 Å². The van der Waals surface area contributed by atoms with Gasteiger partial charge in [-0.2, -0.15) is 0 Å². The molecule has 0 atom stereocenters. The quantitative estimate of drug-likeness (QED) is 0.316. The van der Waals surface area contributed by atoms with Gasteiger partial charge in [-0.1, -0.05) is 96.3 Å². The average Bonchev–Trinajstić information content (AvgIpc) is 2.86. The second kappa shape index (κ2) is 13.2. The van der Waals surface area contributed by atoms with Gasteiger partial charge in [0.25, 0.3) is 0 Å². The first-order valence-electron chi connectivity index (χ1n) is 15.1. The molecule has 0 spiro atoms. The molecule has 0 amide bonds. The molecule has 4 aliphatic rings. The molecule has 192 valence electrons. The molecule has 4 saturated carbocycles. The molecule has 0 bridgehead atoms. The van der Waals surface area contributed by atoms with Gasteiger partial charge in [0.2, 0.25) is 0 Å². The Kier molecular flexibility index (Phi) is 10.3. The first-order chi connectivity index (χ1) is 16.1. The molecule has 3 heteroatoms. The van der Waals surface area contributed by atoms with E-state index in [1.54, 1.807) is 0 Å². The highest BCUT2D eigenvalue weighted by Gasteiger charge is 2.51. The van der Waals surface area contributed by atoms with Gasteiger partial charge in [-0.15, -0.1) is 0 Å². The number of halogens is 3. The van der Waals surface area contributed by atoms with E-state index in [-0.39, 0.29) is 0 Å². The topological polar surface area (TPSA) is 0 Å². The fourth-order valence-corrected chi connectivity index (χ4v) is 8.15. The highest BCUT2D eigenvalue weighted by atomic mass is 19.2. The number of hydrogen-bond donors (Lipinski definition) is 0. The van der Waals surface area contributed by atoms with E-state index in [4.69, 9.17) is 0 Å². The van der Waals surface area contributed by atoms with Crippen LogP contribution in [-0.4, -0.2) is 18.5 Å². The van der Waals surface area contributed by atoms with Crippen molar-refractivity contribution in [3.63, 3.8) is 0 Å². The molecule has 0 aromatic heterocycles.